The summed E-state index contributed by atoms with van der Waals surface area (Å²) in [6.45, 7) is 1.88. The third kappa shape index (κ3) is 5.73. The Labute approximate surface area is 96.7 Å². The van der Waals surface area contributed by atoms with Gasteiger partial charge in [-0.05, 0) is 26.2 Å². The van der Waals surface area contributed by atoms with E-state index in [2.05, 4.69) is 5.32 Å². The Bertz CT molecular complexity index is 234. The second-order valence-electron chi connectivity index (χ2n) is 4.42. The highest BCUT2D eigenvalue weighted by molar-refractivity contribution is 5.75. The summed E-state index contributed by atoms with van der Waals surface area (Å²) in [5, 5.41) is 2.86. The summed E-state index contributed by atoms with van der Waals surface area (Å²) in [6.07, 6.45) is 6.53. The highest BCUT2D eigenvalue weighted by atomic mass is 16.5. The summed E-state index contributed by atoms with van der Waals surface area (Å²) in [5.41, 5.74) is 0. The molecule has 1 rings (SSSR count). The first-order chi connectivity index (χ1) is 7.68. The zero-order valence-electron chi connectivity index (χ0n) is 9.96. The topological polar surface area (TPSA) is 55.4 Å². The Morgan fingerprint density at radius 2 is 1.94 bits per heavy atom. The Kier molecular flexibility index (Phi) is 5.90. The van der Waals surface area contributed by atoms with Crippen LogP contribution >= 0.6 is 0 Å². The van der Waals surface area contributed by atoms with Crippen LogP contribution in [-0.2, 0) is 9.53 Å². The van der Waals surface area contributed by atoms with Crippen LogP contribution in [0.4, 0.5) is 4.79 Å². The molecule has 0 spiro atoms. The minimum absolute atomic E-state index is 0.135. The Morgan fingerprint density at radius 1 is 1.25 bits per heavy atom. The first-order valence-corrected chi connectivity index (χ1v) is 6.11. The molecule has 4 nitrogen and oxygen atoms in total. The number of hydrogen-bond acceptors (Lipinski definition) is 3. The molecule has 0 aromatic heterocycles. The van der Waals surface area contributed by atoms with Gasteiger partial charge in [0.15, 0.2) is 0 Å². The van der Waals surface area contributed by atoms with Gasteiger partial charge in [-0.2, -0.15) is 0 Å². The highest BCUT2D eigenvalue weighted by Crippen LogP contribution is 2.17. The van der Waals surface area contributed by atoms with Gasteiger partial charge in [0, 0.05) is 12.5 Å². The van der Waals surface area contributed by atoms with E-state index >= 15 is 0 Å². The van der Waals surface area contributed by atoms with Crippen molar-refractivity contribution in [1.29, 1.82) is 0 Å². The molecular weight excluding hydrogens is 206 g/mol. The van der Waals surface area contributed by atoms with E-state index in [1.54, 1.807) is 6.92 Å². The number of carbonyl (C=O) groups is 2. The van der Waals surface area contributed by atoms with E-state index in [1.807, 2.05) is 0 Å². The lowest BCUT2D eigenvalue weighted by Crippen LogP contribution is -2.36. The molecule has 4 heteroatoms. The number of carbonyl (C=O) groups excluding carboxylic acids is 2. The minimum Gasteiger partial charge on any atom is -0.450 e. The summed E-state index contributed by atoms with van der Waals surface area (Å²) >= 11 is 0. The number of Topliss-reactive ketones (excluding diaryl/α,β-unsaturated/α-hetero) is 1. The van der Waals surface area contributed by atoms with E-state index < -0.39 is 0 Å². The highest BCUT2D eigenvalue weighted by Gasteiger charge is 2.15. The van der Waals surface area contributed by atoms with E-state index in [9.17, 15) is 9.59 Å². The quantitative estimate of drug-likeness (QED) is 0.734. The van der Waals surface area contributed by atoms with Crippen LogP contribution in [0.15, 0.2) is 0 Å². The molecular formula is C12H21NO3. The van der Waals surface area contributed by atoms with E-state index in [1.165, 1.54) is 19.3 Å². The molecule has 92 valence electrons. The van der Waals surface area contributed by atoms with Crippen LogP contribution in [0.3, 0.4) is 0 Å². The van der Waals surface area contributed by atoms with E-state index in [0.717, 1.165) is 12.8 Å². The van der Waals surface area contributed by atoms with Gasteiger partial charge in [0.05, 0.1) is 6.61 Å². The second kappa shape index (κ2) is 7.25. The first-order valence-electron chi connectivity index (χ1n) is 6.11. The molecule has 0 heterocycles. The van der Waals surface area contributed by atoms with Crippen molar-refractivity contribution in [1.82, 2.24) is 5.32 Å². The number of hydrogen-bond donors (Lipinski definition) is 1. The molecule has 16 heavy (non-hydrogen) atoms. The minimum atomic E-state index is -0.338. The third-order valence-corrected chi connectivity index (χ3v) is 2.83. The fourth-order valence-corrected chi connectivity index (χ4v) is 1.94. The van der Waals surface area contributed by atoms with E-state index in [4.69, 9.17) is 4.74 Å². The van der Waals surface area contributed by atoms with Crippen LogP contribution in [0.5, 0.6) is 0 Å². The normalized spacial score (nSPS) is 16.8. The molecule has 1 N–H and O–H groups in total. The summed E-state index contributed by atoms with van der Waals surface area (Å²) in [4.78, 5) is 22.0. The van der Waals surface area contributed by atoms with Gasteiger partial charge in [0.1, 0.15) is 5.78 Å². The van der Waals surface area contributed by atoms with Crippen molar-refractivity contribution in [2.75, 3.05) is 6.61 Å². The molecule has 0 aliphatic heterocycles. The first kappa shape index (κ1) is 13.0. The maximum Gasteiger partial charge on any atom is 0.407 e. The SMILES string of the molecule is CC(=O)CCCOC(=O)NC1CCCCC1. The molecule has 0 aromatic rings. The van der Waals surface area contributed by atoms with Crippen LogP contribution in [-0.4, -0.2) is 24.5 Å². The van der Waals surface area contributed by atoms with Gasteiger partial charge in [0.25, 0.3) is 0 Å². The van der Waals surface area contributed by atoms with Gasteiger partial charge in [-0.15, -0.1) is 0 Å². The van der Waals surface area contributed by atoms with Gasteiger partial charge in [0.2, 0.25) is 0 Å². The zero-order chi connectivity index (χ0) is 11.8. The molecule has 1 amide bonds. The number of rotatable bonds is 5. The fourth-order valence-electron chi connectivity index (χ4n) is 1.94. The molecule has 0 atom stereocenters. The van der Waals surface area contributed by atoms with Crippen LogP contribution in [0, 0.1) is 0 Å². The zero-order valence-corrected chi connectivity index (χ0v) is 9.96. The molecule has 0 bridgehead atoms. The van der Waals surface area contributed by atoms with Crippen molar-refractivity contribution < 1.29 is 14.3 Å². The average molecular weight is 227 g/mol. The Hall–Kier alpha value is -1.06. The maximum atomic E-state index is 11.3. The van der Waals surface area contributed by atoms with E-state index in [0.29, 0.717) is 19.4 Å². The molecule has 1 fully saturated rings. The van der Waals surface area contributed by atoms with Crippen molar-refractivity contribution in [2.45, 2.75) is 57.9 Å². The van der Waals surface area contributed by atoms with Crippen molar-refractivity contribution >= 4 is 11.9 Å². The lowest BCUT2D eigenvalue weighted by Gasteiger charge is -2.22. The lowest BCUT2D eigenvalue weighted by molar-refractivity contribution is -0.117. The summed E-state index contributed by atoms with van der Waals surface area (Å²) in [7, 11) is 0. The molecule has 0 saturated heterocycles. The summed E-state index contributed by atoms with van der Waals surface area (Å²) < 4.78 is 4.99. The number of ketones is 1. The molecule has 0 aromatic carbocycles. The Balaban J connectivity index is 2.03. The van der Waals surface area contributed by atoms with Crippen molar-refractivity contribution in [3.8, 4) is 0 Å². The lowest BCUT2D eigenvalue weighted by atomic mass is 9.96. The second-order valence-corrected chi connectivity index (χ2v) is 4.42. The van der Waals surface area contributed by atoms with Crippen LogP contribution in [0.25, 0.3) is 0 Å². The van der Waals surface area contributed by atoms with Crippen LogP contribution in [0.2, 0.25) is 0 Å². The standard InChI is InChI=1S/C12H21NO3/c1-10(14)6-5-9-16-12(15)13-11-7-3-2-4-8-11/h11H,2-9H2,1H3,(H,13,15). The molecule has 1 aliphatic rings. The fraction of sp³-hybridized carbons (Fsp3) is 0.833. The molecule has 0 radical (unpaired) electrons. The van der Waals surface area contributed by atoms with Crippen LogP contribution in [0.1, 0.15) is 51.9 Å². The van der Waals surface area contributed by atoms with Gasteiger partial charge in [-0.3, -0.25) is 0 Å². The number of ether oxygens (including phenoxy) is 1. The summed E-state index contributed by atoms with van der Waals surface area (Å²) in [5.74, 6) is 0.135. The van der Waals surface area contributed by atoms with Crippen LogP contribution < -0.4 is 5.32 Å². The number of nitrogens with one attached hydrogen (secondary N) is 1. The summed E-state index contributed by atoms with van der Waals surface area (Å²) in [6, 6.07) is 0.286. The predicted molar refractivity (Wildman–Crippen MR) is 61.3 cm³/mol. The molecule has 1 saturated carbocycles. The van der Waals surface area contributed by atoms with Gasteiger partial charge in [-0.25, -0.2) is 4.79 Å². The van der Waals surface area contributed by atoms with Crippen molar-refractivity contribution in [2.24, 2.45) is 0 Å². The molecule has 0 unspecified atom stereocenters. The maximum absolute atomic E-state index is 11.3. The average Bonchev–Trinajstić information content (AvgIpc) is 2.25. The van der Waals surface area contributed by atoms with Gasteiger partial charge >= 0.3 is 6.09 Å². The largest absolute Gasteiger partial charge is 0.450 e. The van der Waals surface area contributed by atoms with E-state index in [-0.39, 0.29) is 17.9 Å². The number of alkyl carbamates (subject to hydrolysis) is 1. The van der Waals surface area contributed by atoms with Gasteiger partial charge < -0.3 is 14.8 Å². The monoisotopic (exact) mass is 227 g/mol. The van der Waals surface area contributed by atoms with Gasteiger partial charge in [-0.1, -0.05) is 19.3 Å². The predicted octanol–water partition coefficient (Wildman–Crippen LogP) is 2.41. The van der Waals surface area contributed by atoms with Crippen molar-refractivity contribution in [3.05, 3.63) is 0 Å². The Morgan fingerprint density at radius 3 is 2.56 bits per heavy atom. The smallest absolute Gasteiger partial charge is 0.407 e. The molecule has 1 aliphatic carbocycles. The van der Waals surface area contributed by atoms with Crippen molar-refractivity contribution in [3.63, 3.8) is 0 Å². The third-order valence-electron chi connectivity index (χ3n) is 2.83. The number of amides is 1.